The van der Waals surface area contributed by atoms with Gasteiger partial charge in [-0.05, 0) is 30.7 Å². The Morgan fingerprint density at radius 2 is 2.25 bits per heavy atom. The van der Waals surface area contributed by atoms with Gasteiger partial charge < -0.3 is 10.1 Å². The number of hydrogen-bond donors (Lipinski definition) is 1. The summed E-state index contributed by atoms with van der Waals surface area (Å²) in [6.45, 7) is 6.08. The van der Waals surface area contributed by atoms with Gasteiger partial charge in [0.2, 0.25) is 5.91 Å². The Morgan fingerprint density at radius 1 is 1.42 bits per heavy atom. The van der Waals surface area contributed by atoms with Crippen LogP contribution in [0.3, 0.4) is 0 Å². The van der Waals surface area contributed by atoms with Gasteiger partial charge >= 0.3 is 0 Å². The maximum absolute atomic E-state index is 11.8. The van der Waals surface area contributed by atoms with Crippen LogP contribution in [0.15, 0.2) is 42.1 Å². The lowest BCUT2D eigenvalue weighted by molar-refractivity contribution is -0.118. The predicted octanol–water partition coefficient (Wildman–Crippen LogP) is 2.59. The van der Waals surface area contributed by atoms with Crippen molar-refractivity contribution in [1.82, 2.24) is 19.9 Å². The molecule has 0 spiro atoms. The van der Waals surface area contributed by atoms with Crippen molar-refractivity contribution < 1.29 is 9.53 Å². The van der Waals surface area contributed by atoms with E-state index in [0.29, 0.717) is 11.7 Å². The van der Waals surface area contributed by atoms with Gasteiger partial charge in [0, 0.05) is 18.0 Å². The van der Waals surface area contributed by atoms with E-state index in [4.69, 9.17) is 4.74 Å². The highest BCUT2D eigenvalue weighted by molar-refractivity contribution is 7.99. The van der Waals surface area contributed by atoms with Gasteiger partial charge in [-0.25, -0.2) is 0 Å². The SMILES string of the molecule is C=CCNC(=O)CSc1nnc2cc(C)c3ccc(OC)cc3n12. The number of aromatic nitrogens is 3. The summed E-state index contributed by atoms with van der Waals surface area (Å²) in [7, 11) is 1.64. The molecular formula is C17H18N4O2S. The fourth-order valence-electron chi connectivity index (χ4n) is 2.49. The first-order valence-corrected chi connectivity index (χ1v) is 8.45. The molecule has 2 heterocycles. The fourth-order valence-corrected chi connectivity index (χ4v) is 3.27. The van der Waals surface area contributed by atoms with Crippen molar-refractivity contribution >= 4 is 34.2 Å². The molecule has 124 valence electrons. The van der Waals surface area contributed by atoms with Crippen LogP contribution in [0.4, 0.5) is 0 Å². The Bertz CT molecular complexity index is 920. The molecule has 0 unspecified atom stereocenters. The second-order valence-corrected chi connectivity index (χ2v) is 6.21. The van der Waals surface area contributed by atoms with Crippen molar-refractivity contribution in [2.24, 2.45) is 0 Å². The summed E-state index contributed by atoms with van der Waals surface area (Å²) in [6.07, 6.45) is 1.65. The number of nitrogens with zero attached hydrogens (tertiary/aromatic N) is 3. The third kappa shape index (κ3) is 3.07. The van der Waals surface area contributed by atoms with Crippen LogP contribution < -0.4 is 10.1 Å². The maximum atomic E-state index is 11.8. The van der Waals surface area contributed by atoms with Gasteiger partial charge in [0.25, 0.3) is 0 Å². The molecule has 3 aromatic rings. The highest BCUT2D eigenvalue weighted by atomic mass is 32.2. The van der Waals surface area contributed by atoms with Crippen molar-refractivity contribution in [2.45, 2.75) is 12.1 Å². The molecule has 0 bridgehead atoms. The van der Waals surface area contributed by atoms with Crippen LogP contribution in [0.2, 0.25) is 0 Å². The molecule has 1 amide bonds. The van der Waals surface area contributed by atoms with Crippen LogP contribution >= 0.6 is 11.8 Å². The number of carbonyl (C=O) groups excluding carboxylic acids is 1. The van der Waals surface area contributed by atoms with Gasteiger partial charge in [0.15, 0.2) is 10.8 Å². The average Bonchev–Trinajstić information content (AvgIpc) is 3.00. The Kier molecular flexibility index (Phi) is 4.71. The van der Waals surface area contributed by atoms with Crippen LogP contribution in [0.25, 0.3) is 16.6 Å². The van der Waals surface area contributed by atoms with E-state index in [1.54, 1.807) is 13.2 Å². The minimum atomic E-state index is -0.0642. The molecule has 0 radical (unpaired) electrons. The van der Waals surface area contributed by atoms with Gasteiger partial charge in [-0.1, -0.05) is 17.8 Å². The molecule has 1 N–H and O–H groups in total. The van der Waals surface area contributed by atoms with E-state index >= 15 is 0 Å². The number of fused-ring (bicyclic) bond motifs is 3. The smallest absolute Gasteiger partial charge is 0.230 e. The third-order valence-electron chi connectivity index (χ3n) is 3.65. The van der Waals surface area contributed by atoms with Crippen molar-refractivity contribution in [1.29, 1.82) is 0 Å². The summed E-state index contributed by atoms with van der Waals surface area (Å²) in [4.78, 5) is 11.8. The van der Waals surface area contributed by atoms with E-state index in [2.05, 4.69) is 22.1 Å². The Morgan fingerprint density at radius 3 is 3.00 bits per heavy atom. The van der Waals surface area contributed by atoms with E-state index in [9.17, 15) is 4.79 Å². The number of carbonyl (C=O) groups is 1. The molecule has 2 aromatic heterocycles. The summed E-state index contributed by atoms with van der Waals surface area (Å²) >= 11 is 1.35. The monoisotopic (exact) mass is 342 g/mol. The van der Waals surface area contributed by atoms with Crippen LogP contribution in [0, 0.1) is 6.92 Å². The molecule has 0 atom stereocenters. The molecule has 0 aliphatic rings. The number of hydrogen-bond acceptors (Lipinski definition) is 5. The molecule has 0 aliphatic carbocycles. The van der Waals surface area contributed by atoms with Crippen LogP contribution in [0.5, 0.6) is 5.75 Å². The number of nitrogens with one attached hydrogen (secondary N) is 1. The quantitative estimate of drug-likeness (QED) is 0.551. The zero-order valence-corrected chi connectivity index (χ0v) is 14.4. The molecule has 0 saturated carbocycles. The standard InChI is InChI=1S/C17H18N4O2S/c1-4-7-18-16(22)10-24-17-20-19-15-8-11(2)13-6-5-12(23-3)9-14(13)21(15)17/h4-6,8-9H,1,7,10H2,2-3H3,(H,18,22). The number of amides is 1. The van der Waals surface area contributed by atoms with Crippen LogP contribution in [0.1, 0.15) is 5.56 Å². The zero-order chi connectivity index (χ0) is 17.1. The summed E-state index contributed by atoms with van der Waals surface area (Å²) in [5.41, 5.74) is 2.83. The maximum Gasteiger partial charge on any atom is 0.230 e. The van der Waals surface area contributed by atoms with Crippen molar-refractivity contribution in [3.05, 3.63) is 42.5 Å². The lowest BCUT2D eigenvalue weighted by Crippen LogP contribution is -2.25. The molecule has 24 heavy (non-hydrogen) atoms. The second-order valence-electron chi connectivity index (χ2n) is 5.27. The first-order valence-electron chi connectivity index (χ1n) is 7.47. The summed E-state index contributed by atoms with van der Waals surface area (Å²) in [5.74, 6) is 0.974. The van der Waals surface area contributed by atoms with Gasteiger partial charge in [-0.3, -0.25) is 9.20 Å². The normalized spacial score (nSPS) is 10.9. The summed E-state index contributed by atoms with van der Waals surface area (Å²) in [5, 5.41) is 13.0. The number of thioether (sulfide) groups is 1. The van der Waals surface area contributed by atoms with Gasteiger partial charge in [-0.2, -0.15) is 0 Å². The highest BCUT2D eigenvalue weighted by Crippen LogP contribution is 2.28. The number of rotatable bonds is 6. The Balaban J connectivity index is 2.01. The number of ether oxygens (including phenoxy) is 1. The largest absolute Gasteiger partial charge is 0.497 e. The van der Waals surface area contributed by atoms with Crippen LogP contribution in [-0.4, -0.2) is 39.9 Å². The highest BCUT2D eigenvalue weighted by Gasteiger charge is 2.13. The lowest BCUT2D eigenvalue weighted by atomic mass is 10.1. The lowest BCUT2D eigenvalue weighted by Gasteiger charge is -2.09. The van der Waals surface area contributed by atoms with Crippen molar-refractivity contribution in [3.63, 3.8) is 0 Å². The molecule has 0 aliphatic heterocycles. The number of methoxy groups -OCH3 is 1. The number of benzene rings is 1. The summed E-state index contributed by atoms with van der Waals surface area (Å²) in [6, 6.07) is 7.90. The van der Waals surface area contributed by atoms with Crippen molar-refractivity contribution in [2.75, 3.05) is 19.4 Å². The molecular weight excluding hydrogens is 324 g/mol. The van der Waals surface area contributed by atoms with Crippen molar-refractivity contribution in [3.8, 4) is 5.75 Å². The second kappa shape index (κ2) is 6.92. The minimum Gasteiger partial charge on any atom is -0.497 e. The minimum absolute atomic E-state index is 0.0642. The Labute approximate surface area is 143 Å². The zero-order valence-electron chi connectivity index (χ0n) is 13.6. The van der Waals surface area contributed by atoms with Gasteiger partial charge in [0.1, 0.15) is 5.75 Å². The number of pyridine rings is 1. The third-order valence-corrected chi connectivity index (χ3v) is 4.58. The van der Waals surface area contributed by atoms with Crippen LogP contribution in [-0.2, 0) is 4.79 Å². The predicted molar refractivity (Wildman–Crippen MR) is 95.7 cm³/mol. The Hall–Kier alpha value is -2.54. The average molecular weight is 342 g/mol. The summed E-state index contributed by atoms with van der Waals surface area (Å²) < 4.78 is 7.29. The van der Waals surface area contributed by atoms with E-state index in [1.165, 1.54) is 11.8 Å². The van der Waals surface area contributed by atoms with E-state index in [-0.39, 0.29) is 11.7 Å². The van der Waals surface area contributed by atoms with E-state index < -0.39 is 0 Å². The fraction of sp³-hybridized carbons (Fsp3) is 0.235. The first kappa shape index (κ1) is 16.3. The molecule has 0 fully saturated rings. The van der Waals surface area contributed by atoms with E-state index in [0.717, 1.165) is 27.9 Å². The molecule has 7 heteroatoms. The van der Waals surface area contributed by atoms with Gasteiger partial charge in [-0.15, -0.1) is 16.8 Å². The molecule has 6 nitrogen and oxygen atoms in total. The van der Waals surface area contributed by atoms with Gasteiger partial charge in [0.05, 0.1) is 18.4 Å². The first-order chi connectivity index (χ1) is 11.6. The number of aryl methyl sites for hydroxylation is 1. The molecule has 3 rings (SSSR count). The van der Waals surface area contributed by atoms with E-state index in [1.807, 2.05) is 35.6 Å². The topological polar surface area (TPSA) is 68.5 Å². The molecule has 0 saturated heterocycles. The molecule has 1 aromatic carbocycles.